The van der Waals surface area contributed by atoms with Gasteiger partial charge in [-0.05, 0) is 25.4 Å². The molecule has 0 unspecified atom stereocenters. The highest BCUT2D eigenvalue weighted by molar-refractivity contribution is 8.33. The molecule has 1 aliphatic rings. The first kappa shape index (κ1) is 12.6. The van der Waals surface area contributed by atoms with Crippen molar-refractivity contribution in [3.63, 3.8) is 0 Å². The van der Waals surface area contributed by atoms with Gasteiger partial charge in [-0.2, -0.15) is 28.3 Å². The van der Waals surface area contributed by atoms with E-state index in [9.17, 15) is 13.2 Å². The topological polar surface area (TPSA) is 37.9 Å². The molecule has 0 bridgehead atoms. The SMILES string of the molecule is CS(C)(COc1ccn[nH]1)C1(C(F)(F)F)CC1. The minimum Gasteiger partial charge on any atom is -0.468 e. The van der Waals surface area contributed by atoms with Gasteiger partial charge in [0, 0.05) is 6.07 Å². The minimum absolute atomic E-state index is 0.106. The fourth-order valence-electron chi connectivity index (χ4n) is 1.91. The summed E-state index contributed by atoms with van der Waals surface area (Å²) in [6.07, 6.45) is 1.21. The van der Waals surface area contributed by atoms with Gasteiger partial charge in [0.15, 0.2) is 0 Å². The molecule has 7 heteroatoms. The fraction of sp³-hybridized carbons (Fsp3) is 0.700. The molecular formula is C10H15F3N2OS. The first-order valence-corrected chi connectivity index (χ1v) is 7.80. The van der Waals surface area contributed by atoms with Gasteiger partial charge >= 0.3 is 6.18 Å². The maximum absolute atomic E-state index is 13.0. The Kier molecular flexibility index (Phi) is 2.84. The van der Waals surface area contributed by atoms with Crippen LogP contribution in [0.3, 0.4) is 0 Å². The first-order chi connectivity index (χ1) is 7.79. The molecule has 1 fully saturated rings. The Hall–Kier alpha value is -0.850. The number of aromatic amines is 1. The third-order valence-corrected chi connectivity index (χ3v) is 6.73. The molecule has 0 spiro atoms. The van der Waals surface area contributed by atoms with Gasteiger partial charge in [-0.1, -0.05) is 0 Å². The smallest absolute Gasteiger partial charge is 0.401 e. The second-order valence-electron chi connectivity index (χ2n) is 4.71. The monoisotopic (exact) mass is 268 g/mol. The maximum Gasteiger partial charge on any atom is 0.401 e. The number of aromatic nitrogens is 2. The number of alkyl halides is 3. The average Bonchev–Trinajstić information content (AvgIpc) is 2.89. The quantitative estimate of drug-likeness (QED) is 0.911. The van der Waals surface area contributed by atoms with Crippen LogP contribution < -0.4 is 4.74 Å². The highest BCUT2D eigenvalue weighted by Crippen LogP contribution is 2.72. The number of rotatable bonds is 4. The van der Waals surface area contributed by atoms with Crippen molar-refractivity contribution in [1.29, 1.82) is 0 Å². The summed E-state index contributed by atoms with van der Waals surface area (Å²) in [5.41, 5.74) is 0. The van der Waals surface area contributed by atoms with Crippen LogP contribution in [0.1, 0.15) is 12.8 Å². The molecule has 98 valence electrons. The Bertz CT molecular complexity index is 385. The van der Waals surface area contributed by atoms with Crippen LogP contribution in [-0.4, -0.2) is 39.6 Å². The summed E-state index contributed by atoms with van der Waals surface area (Å²) in [5.74, 6) is 0.526. The van der Waals surface area contributed by atoms with Crippen molar-refractivity contribution in [1.82, 2.24) is 10.2 Å². The molecule has 0 amide bonds. The molecule has 1 saturated carbocycles. The lowest BCUT2D eigenvalue weighted by Crippen LogP contribution is -2.37. The van der Waals surface area contributed by atoms with Crippen molar-refractivity contribution < 1.29 is 17.9 Å². The summed E-state index contributed by atoms with van der Waals surface area (Å²) in [4.78, 5) is 0. The van der Waals surface area contributed by atoms with Crippen LogP contribution in [-0.2, 0) is 0 Å². The Balaban J connectivity index is 2.04. The molecule has 3 nitrogen and oxygen atoms in total. The van der Waals surface area contributed by atoms with E-state index in [4.69, 9.17) is 4.74 Å². The standard InChI is InChI=1S/C10H15F3N2OS/c1-17(2,7-16-8-3-6-14-15-8)9(4-5-9)10(11,12)13/h3,6H,4-5,7H2,1-2H3,(H,14,15). The molecule has 2 rings (SSSR count). The van der Waals surface area contributed by atoms with Crippen LogP contribution in [0.2, 0.25) is 0 Å². The van der Waals surface area contributed by atoms with Gasteiger partial charge in [-0.3, -0.25) is 0 Å². The zero-order valence-electron chi connectivity index (χ0n) is 9.67. The fourth-order valence-corrected chi connectivity index (χ4v) is 4.39. The number of halogens is 3. The van der Waals surface area contributed by atoms with E-state index in [0.717, 1.165) is 0 Å². The number of hydrogen-bond donors (Lipinski definition) is 1. The van der Waals surface area contributed by atoms with E-state index in [-0.39, 0.29) is 18.8 Å². The molecular weight excluding hydrogens is 253 g/mol. The highest BCUT2D eigenvalue weighted by atomic mass is 32.3. The number of nitrogens with zero attached hydrogens (tertiary/aromatic N) is 1. The van der Waals surface area contributed by atoms with Crippen LogP contribution in [0.25, 0.3) is 0 Å². The molecule has 1 heterocycles. The Labute approximate surface area is 99.0 Å². The van der Waals surface area contributed by atoms with Gasteiger partial charge in [-0.15, -0.1) is 0 Å². The Morgan fingerprint density at radius 3 is 2.53 bits per heavy atom. The van der Waals surface area contributed by atoms with Gasteiger partial charge in [0.1, 0.15) is 5.94 Å². The van der Waals surface area contributed by atoms with Gasteiger partial charge < -0.3 is 4.74 Å². The van der Waals surface area contributed by atoms with Gasteiger partial charge in [-0.25, -0.2) is 5.10 Å². The molecule has 1 aromatic heterocycles. The number of H-pyrrole nitrogens is 1. The molecule has 0 radical (unpaired) electrons. The largest absolute Gasteiger partial charge is 0.468 e. The van der Waals surface area contributed by atoms with Crippen LogP contribution >= 0.6 is 10.0 Å². The van der Waals surface area contributed by atoms with Gasteiger partial charge in [0.25, 0.3) is 0 Å². The van der Waals surface area contributed by atoms with E-state index in [1.54, 1.807) is 18.6 Å². The van der Waals surface area contributed by atoms with Crippen molar-refractivity contribution in [2.45, 2.75) is 23.8 Å². The molecule has 1 aromatic rings. The molecule has 0 atom stereocenters. The third-order valence-electron chi connectivity index (χ3n) is 3.26. The van der Waals surface area contributed by atoms with Crippen molar-refractivity contribution >= 4 is 10.0 Å². The Morgan fingerprint density at radius 1 is 1.47 bits per heavy atom. The zero-order chi connectivity index (χ0) is 12.7. The summed E-state index contributed by atoms with van der Waals surface area (Å²) in [6.45, 7) is 0. The van der Waals surface area contributed by atoms with Crippen LogP contribution in [0.5, 0.6) is 5.88 Å². The van der Waals surface area contributed by atoms with Crippen molar-refractivity contribution in [3.8, 4) is 5.88 Å². The molecule has 0 aliphatic heterocycles. The van der Waals surface area contributed by atoms with E-state index in [1.165, 1.54) is 6.20 Å². The highest BCUT2D eigenvalue weighted by Gasteiger charge is 2.69. The van der Waals surface area contributed by atoms with Gasteiger partial charge in [0.05, 0.1) is 10.9 Å². The van der Waals surface area contributed by atoms with Crippen LogP contribution in [0.15, 0.2) is 12.3 Å². The van der Waals surface area contributed by atoms with Crippen molar-refractivity contribution in [3.05, 3.63) is 12.3 Å². The number of hydrogen-bond acceptors (Lipinski definition) is 2. The van der Waals surface area contributed by atoms with E-state index in [1.807, 2.05) is 0 Å². The van der Waals surface area contributed by atoms with E-state index in [2.05, 4.69) is 10.2 Å². The molecule has 0 aromatic carbocycles. The van der Waals surface area contributed by atoms with E-state index >= 15 is 0 Å². The second-order valence-corrected chi connectivity index (χ2v) is 8.81. The summed E-state index contributed by atoms with van der Waals surface area (Å²) in [6, 6.07) is 1.60. The Morgan fingerprint density at radius 2 is 2.12 bits per heavy atom. The predicted octanol–water partition coefficient (Wildman–Crippen LogP) is 2.91. The minimum atomic E-state index is -4.12. The molecule has 0 saturated heterocycles. The predicted molar refractivity (Wildman–Crippen MR) is 61.5 cm³/mol. The lowest BCUT2D eigenvalue weighted by atomic mass is 10.4. The normalized spacial score (nSPS) is 20.1. The lowest BCUT2D eigenvalue weighted by molar-refractivity contribution is -0.136. The lowest BCUT2D eigenvalue weighted by Gasteiger charge is -2.40. The van der Waals surface area contributed by atoms with Crippen molar-refractivity contribution in [2.24, 2.45) is 0 Å². The van der Waals surface area contributed by atoms with E-state index in [0.29, 0.717) is 5.88 Å². The second kappa shape index (κ2) is 3.83. The van der Waals surface area contributed by atoms with Crippen molar-refractivity contribution in [2.75, 3.05) is 18.5 Å². The van der Waals surface area contributed by atoms with E-state index < -0.39 is 21.0 Å². The summed E-state index contributed by atoms with van der Waals surface area (Å²) in [7, 11) is -1.88. The zero-order valence-corrected chi connectivity index (χ0v) is 10.5. The average molecular weight is 268 g/mol. The van der Waals surface area contributed by atoms with Crippen LogP contribution in [0.4, 0.5) is 13.2 Å². The first-order valence-electron chi connectivity index (χ1n) is 5.18. The molecule has 1 aliphatic carbocycles. The third kappa shape index (κ3) is 2.12. The summed E-state index contributed by atoms with van der Waals surface area (Å²) in [5, 5.41) is 6.27. The molecule has 17 heavy (non-hydrogen) atoms. The molecule has 1 N–H and O–H groups in total. The summed E-state index contributed by atoms with van der Waals surface area (Å²) >= 11 is 0. The van der Waals surface area contributed by atoms with Gasteiger partial charge in [0.2, 0.25) is 5.88 Å². The number of ether oxygens (including phenoxy) is 1. The van der Waals surface area contributed by atoms with Crippen LogP contribution in [0, 0.1) is 0 Å². The maximum atomic E-state index is 13.0. The summed E-state index contributed by atoms with van der Waals surface area (Å²) < 4.78 is 42.9. The number of nitrogens with one attached hydrogen (secondary N) is 1.